The number of benzene rings is 2. The van der Waals surface area contributed by atoms with Crippen molar-refractivity contribution in [2.24, 2.45) is 5.10 Å². The molecule has 7 heteroatoms. The van der Waals surface area contributed by atoms with Gasteiger partial charge in [0.15, 0.2) is 11.5 Å². The highest BCUT2D eigenvalue weighted by Gasteiger charge is 2.10. The van der Waals surface area contributed by atoms with Crippen LogP contribution in [0.5, 0.6) is 11.5 Å². The van der Waals surface area contributed by atoms with E-state index in [0.717, 1.165) is 15.6 Å². The topological polar surface area (TPSA) is 42.8 Å². The first-order valence-corrected chi connectivity index (χ1v) is 8.80. The maximum atomic E-state index is 6.12. The Labute approximate surface area is 159 Å². The van der Waals surface area contributed by atoms with Gasteiger partial charge in [0.2, 0.25) is 0 Å². The summed E-state index contributed by atoms with van der Waals surface area (Å²) in [6.45, 7) is 2.91. The van der Waals surface area contributed by atoms with E-state index in [4.69, 9.17) is 32.7 Å². The fourth-order valence-corrected chi connectivity index (χ4v) is 3.15. The van der Waals surface area contributed by atoms with Crippen LogP contribution in [0, 0.1) is 0 Å². The second-order valence-corrected chi connectivity index (χ2v) is 6.43. The lowest BCUT2D eigenvalue weighted by molar-refractivity contribution is 0.309. The molecule has 0 aliphatic rings. The molecule has 0 radical (unpaired) electrons. The lowest BCUT2D eigenvalue weighted by atomic mass is 10.2. The minimum absolute atomic E-state index is 0.435. The monoisotopic (exact) mass is 430 g/mol. The van der Waals surface area contributed by atoms with Crippen molar-refractivity contribution in [3.8, 4) is 11.5 Å². The zero-order valence-corrected chi connectivity index (χ0v) is 16.4. The molecular formula is C17H17BrCl2N2O2. The van der Waals surface area contributed by atoms with Crippen LogP contribution >= 0.6 is 39.1 Å². The highest BCUT2D eigenvalue weighted by Crippen LogP contribution is 2.36. The van der Waals surface area contributed by atoms with Crippen LogP contribution in [-0.4, -0.2) is 19.9 Å². The second-order valence-electron chi connectivity index (χ2n) is 4.76. The molecule has 0 aliphatic heterocycles. The predicted octanol–water partition coefficient (Wildman–Crippen LogP) is 5.29. The summed E-state index contributed by atoms with van der Waals surface area (Å²) in [7, 11) is 1.60. The number of ether oxygens (including phenoxy) is 2. The maximum Gasteiger partial charge on any atom is 0.175 e. The summed E-state index contributed by atoms with van der Waals surface area (Å²) < 4.78 is 11.7. The first-order chi connectivity index (χ1) is 11.6. The van der Waals surface area contributed by atoms with E-state index in [2.05, 4.69) is 26.5 Å². The average molecular weight is 432 g/mol. The highest BCUT2D eigenvalue weighted by molar-refractivity contribution is 9.10. The molecule has 128 valence electrons. The minimum atomic E-state index is 0.435. The van der Waals surface area contributed by atoms with Crippen LogP contribution in [0.15, 0.2) is 39.9 Å². The van der Waals surface area contributed by atoms with Gasteiger partial charge in [-0.05, 0) is 52.7 Å². The van der Waals surface area contributed by atoms with Crippen molar-refractivity contribution in [3.63, 3.8) is 0 Å². The van der Waals surface area contributed by atoms with Gasteiger partial charge in [0.25, 0.3) is 0 Å². The lowest BCUT2D eigenvalue weighted by Crippen LogP contribution is -2.07. The first-order valence-electron chi connectivity index (χ1n) is 7.26. The normalized spacial score (nSPS) is 10.9. The van der Waals surface area contributed by atoms with E-state index >= 15 is 0 Å². The number of hydrazone groups is 1. The van der Waals surface area contributed by atoms with Crippen molar-refractivity contribution in [1.82, 2.24) is 5.43 Å². The molecule has 0 amide bonds. The minimum Gasteiger partial charge on any atom is -0.493 e. The fraction of sp³-hybridized carbons (Fsp3) is 0.235. The largest absolute Gasteiger partial charge is 0.493 e. The number of methoxy groups -OCH3 is 1. The highest BCUT2D eigenvalue weighted by atomic mass is 79.9. The Morgan fingerprint density at radius 2 is 1.96 bits per heavy atom. The van der Waals surface area contributed by atoms with Gasteiger partial charge in [-0.25, -0.2) is 0 Å². The van der Waals surface area contributed by atoms with Crippen molar-refractivity contribution in [2.75, 3.05) is 13.7 Å². The zero-order valence-electron chi connectivity index (χ0n) is 13.3. The van der Waals surface area contributed by atoms with Gasteiger partial charge >= 0.3 is 0 Å². The summed E-state index contributed by atoms with van der Waals surface area (Å²) in [6.07, 6.45) is 1.69. The zero-order chi connectivity index (χ0) is 17.5. The van der Waals surface area contributed by atoms with Crippen LogP contribution in [0.4, 0.5) is 0 Å². The summed E-state index contributed by atoms with van der Waals surface area (Å²) in [6, 6.07) is 9.15. The summed E-state index contributed by atoms with van der Waals surface area (Å²) in [5.41, 5.74) is 4.61. The van der Waals surface area contributed by atoms with Gasteiger partial charge < -0.3 is 14.9 Å². The van der Waals surface area contributed by atoms with Crippen LogP contribution < -0.4 is 14.9 Å². The number of nitrogens with one attached hydrogen (secondary N) is 1. The number of nitrogens with zero attached hydrogens (tertiary/aromatic N) is 1. The van der Waals surface area contributed by atoms with Crippen LogP contribution in [0.25, 0.3) is 0 Å². The predicted molar refractivity (Wildman–Crippen MR) is 103 cm³/mol. The van der Waals surface area contributed by atoms with Crippen LogP contribution in [-0.2, 0) is 6.54 Å². The number of hydrogen-bond donors (Lipinski definition) is 1. The Morgan fingerprint density at radius 3 is 2.58 bits per heavy atom. The standard InChI is InChI=1S/C17H17BrCl2N2O2/c1-3-24-17-13(18)7-11(8-16(17)23-2)9-21-22-10-12-14(19)5-4-6-15(12)20/h4-9,22H,3,10H2,1-2H3/b21-9+. The second kappa shape index (κ2) is 9.16. The van der Waals surface area contributed by atoms with Gasteiger partial charge in [-0.1, -0.05) is 29.3 Å². The molecule has 2 aromatic carbocycles. The fourth-order valence-electron chi connectivity index (χ4n) is 2.04. The van der Waals surface area contributed by atoms with Crippen molar-refractivity contribution in [3.05, 3.63) is 56.0 Å². The van der Waals surface area contributed by atoms with E-state index in [1.165, 1.54) is 0 Å². The molecule has 0 aromatic heterocycles. The van der Waals surface area contributed by atoms with Gasteiger partial charge in [-0.15, -0.1) is 0 Å². The van der Waals surface area contributed by atoms with Gasteiger partial charge in [-0.2, -0.15) is 5.10 Å². The van der Waals surface area contributed by atoms with E-state index in [1.807, 2.05) is 19.1 Å². The molecule has 0 spiro atoms. The Morgan fingerprint density at radius 1 is 1.25 bits per heavy atom. The summed E-state index contributed by atoms with van der Waals surface area (Å²) in [5.74, 6) is 1.31. The van der Waals surface area contributed by atoms with Crippen molar-refractivity contribution >= 4 is 45.3 Å². The number of hydrogen-bond acceptors (Lipinski definition) is 4. The van der Waals surface area contributed by atoms with E-state index in [9.17, 15) is 0 Å². The van der Waals surface area contributed by atoms with E-state index < -0.39 is 0 Å². The van der Waals surface area contributed by atoms with Crippen molar-refractivity contribution in [1.29, 1.82) is 0 Å². The third-order valence-corrected chi connectivity index (χ3v) is 4.46. The molecule has 0 heterocycles. The molecule has 0 bridgehead atoms. The Balaban J connectivity index is 2.08. The first kappa shape index (κ1) is 18.9. The molecule has 0 saturated carbocycles. The summed E-state index contributed by atoms with van der Waals surface area (Å²) >= 11 is 15.7. The van der Waals surface area contributed by atoms with E-state index in [-0.39, 0.29) is 0 Å². The molecule has 24 heavy (non-hydrogen) atoms. The van der Waals surface area contributed by atoms with Gasteiger partial charge in [-0.3, -0.25) is 0 Å². The SMILES string of the molecule is CCOc1c(Br)cc(/C=N/NCc2c(Cl)cccc2Cl)cc1OC. The van der Waals surface area contributed by atoms with Gasteiger partial charge in [0.1, 0.15) is 0 Å². The molecule has 4 nitrogen and oxygen atoms in total. The molecule has 2 aromatic rings. The maximum absolute atomic E-state index is 6.12. The summed E-state index contributed by atoms with van der Waals surface area (Å²) in [4.78, 5) is 0. The smallest absolute Gasteiger partial charge is 0.175 e. The Kier molecular flexibility index (Phi) is 7.21. The van der Waals surface area contributed by atoms with Gasteiger partial charge in [0, 0.05) is 15.6 Å². The van der Waals surface area contributed by atoms with Crippen LogP contribution in [0.3, 0.4) is 0 Å². The molecule has 0 saturated heterocycles. The molecule has 0 atom stereocenters. The van der Waals surface area contributed by atoms with Gasteiger partial charge in [0.05, 0.1) is 30.9 Å². The van der Waals surface area contributed by atoms with Crippen molar-refractivity contribution < 1.29 is 9.47 Å². The molecule has 1 N–H and O–H groups in total. The van der Waals surface area contributed by atoms with E-state index in [0.29, 0.717) is 34.7 Å². The number of halogens is 3. The molecule has 2 rings (SSSR count). The van der Waals surface area contributed by atoms with Crippen LogP contribution in [0.2, 0.25) is 10.0 Å². The Hall–Kier alpha value is -1.43. The number of rotatable bonds is 7. The molecular weight excluding hydrogens is 415 g/mol. The molecule has 0 unspecified atom stereocenters. The Bertz CT molecular complexity index is 719. The third-order valence-electron chi connectivity index (χ3n) is 3.16. The molecule has 0 fully saturated rings. The quantitative estimate of drug-likeness (QED) is 0.478. The average Bonchev–Trinajstić information content (AvgIpc) is 2.56. The van der Waals surface area contributed by atoms with Crippen molar-refractivity contribution in [2.45, 2.75) is 13.5 Å². The molecule has 0 aliphatic carbocycles. The summed E-state index contributed by atoms with van der Waals surface area (Å²) in [5, 5.41) is 5.42. The third kappa shape index (κ3) is 4.79. The lowest BCUT2D eigenvalue weighted by Gasteiger charge is -2.12. The van der Waals surface area contributed by atoms with E-state index in [1.54, 1.807) is 31.5 Å². The van der Waals surface area contributed by atoms with Crippen LogP contribution in [0.1, 0.15) is 18.1 Å².